The molecule has 0 amide bonds. The van der Waals surface area contributed by atoms with Gasteiger partial charge in [0.15, 0.2) is 5.78 Å². The van der Waals surface area contributed by atoms with Crippen molar-refractivity contribution < 1.29 is 13.9 Å². The Kier molecular flexibility index (Phi) is 4.49. The smallest absolute Gasteiger partial charge is 0.347 e. The van der Waals surface area contributed by atoms with Crippen LogP contribution in [0.25, 0.3) is 17.0 Å². The lowest BCUT2D eigenvalue weighted by Crippen LogP contribution is -2.11. The number of ketones is 1. The number of ether oxygens (including phenoxy) is 1. The third kappa shape index (κ3) is 3.39. The molecule has 0 N–H and O–H groups in total. The van der Waals surface area contributed by atoms with Crippen molar-refractivity contribution in [1.82, 2.24) is 0 Å². The standard InChI is InChI=1S/C19H13ClO4/c1-23-15-6-2-12(3-7-15)4-8-17(21)16-11-13-10-14(20)5-9-18(13)24-19(16)22/h2-11H,1H3/b8-4-. The van der Waals surface area contributed by atoms with Crippen LogP contribution in [0.3, 0.4) is 0 Å². The maximum absolute atomic E-state index is 12.3. The molecule has 3 rings (SSSR count). The highest BCUT2D eigenvalue weighted by Crippen LogP contribution is 2.19. The van der Waals surface area contributed by atoms with Gasteiger partial charge in [0.2, 0.25) is 0 Å². The van der Waals surface area contributed by atoms with Crippen molar-refractivity contribution in [1.29, 1.82) is 0 Å². The van der Waals surface area contributed by atoms with E-state index in [1.165, 1.54) is 12.1 Å². The van der Waals surface area contributed by atoms with E-state index in [2.05, 4.69) is 0 Å². The molecule has 0 saturated heterocycles. The molecule has 0 spiro atoms. The summed E-state index contributed by atoms with van der Waals surface area (Å²) >= 11 is 5.93. The molecule has 24 heavy (non-hydrogen) atoms. The van der Waals surface area contributed by atoms with Crippen LogP contribution in [-0.4, -0.2) is 12.9 Å². The van der Waals surface area contributed by atoms with Crippen LogP contribution in [0.15, 0.2) is 63.8 Å². The summed E-state index contributed by atoms with van der Waals surface area (Å²) in [4.78, 5) is 24.3. The summed E-state index contributed by atoms with van der Waals surface area (Å²) in [7, 11) is 1.58. The minimum absolute atomic E-state index is 0.0328. The summed E-state index contributed by atoms with van der Waals surface area (Å²) in [5.41, 5.74) is 0.501. The molecule has 120 valence electrons. The maximum atomic E-state index is 12.3. The molecule has 0 aliphatic heterocycles. The van der Waals surface area contributed by atoms with Gasteiger partial charge in [-0.25, -0.2) is 4.79 Å². The average molecular weight is 341 g/mol. The lowest BCUT2D eigenvalue weighted by atomic mass is 10.1. The van der Waals surface area contributed by atoms with Gasteiger partial charge in [0.05, 0.1) is 7.11 Å². The van der Waals surface area contributed by atoms with Crippen LogP contribution in [0, 0.1) is 0 Å². The minimum Gasteiger partial charge on any atom is -0.497 e. The fourth-order valence-corrected chi connectivity index (χ4v) is 2.42. The van der Waals surface area contributed by atoms with Crippen LogP contribution >= 0.6 is 11.6 Å². The molecule has 0 aliphatic rings. The number of benzene rings is 2. The van der Waals surface area contributed by atoms with Crippen LogP contribution < -0.4 is 10.4 Å². The van der Waals surface area contributed by atoms with Crippen LogP contribution in [0.1, 0.15) is 15.9 Å². The molecule has 0 aliphatic carbocycles. The molecule has 0 bridgehead atoms. The van der Waals surface area contributed by atoms with Gasteiger partial charge in [0, 0.05) is 10.4 Å². The Morgan fingerprint density at radius 2 is 1.88 bits per heavy atom. The van der Waals surface area contributed by atoms with Crippen molar-refractivity contribution >= 4 is 34.4 Å². The Morgan fingerprint density at radius 3 is 2.58 bits per heavy atom. The van der Waals surface area contributed by atoms with Crippen molar-refractivity contribution in [2.45, 2.75) is 0 Å². The highest BCUT2D eigenvalue weighted by Gasteiger charge is 2.11. The van der Waals surface area contributed by atoms with E-state index < -0.39 is 11.4 Å². The number of hydrogen-bond acceptors (Lipinski definition) is 4. The number of hydrogen-bond donors (Lipinski definition) is 0. The monoisotopic (exact) mass is 340 g/mol. The van der Waals surface area contributed by atoms with Crippen LogP contribution in [0.5, 0.6) is 5.75 Å². The summed E-state index contributed by atoms with van der Waals surface area (Å²) in [5.74, 6) is 0.298. The Labute approximate surface area is 142 Å². The number of carbonyl (C=O) groups is 1. The SMILES string of the molecule is COc1ccc(/C=C\C(=O)c2cc3cc(Cl)ccc3oc2=O)cc1. The third-order valence-corrected chi connectivity index (χ3v) is 3.74. The molecule has 0 unspecified atom stereocenters. The molecule has 5 heteroatoms. The maximum Gasteiger partial charge on any atom is 0.347 e. The van der Waals surface area contributed by atoms with E-state index in [1.807, 2.05) is 12.1 Å². The first-order valence-corrected chi connectivity index (χ1v) is 7.54. The number of methoxy groups -OCH3 is 1. The van der Waals surface area contributed by atoms with Gasteiger partial charge in [-0.3, -0.25) is 4.79 Å². The summed E-state index contributed by atoms with van der Waals surface area (Å²) in [6.45, 7) is 0. The highest BCUT2D eigenvalue weighted by atomic mass is 35.5. The molecular formula is C19H13ClO4. The molecule has 3 aromatic rings. The predicted octanol–water partition coefficient (Wildman–Crippen LogP) is 4.35. The van der Waals surface area contributed by atoms with E-state index in [-0.39, 0.29) is 5.56 Å². The van der Waals surface area contributed by atoms with E-state index in [4.69, 9.17) is 20.8 Å². The van der Waals surface area contributed by atoms with Gasteiger partial charge in [-0.15, -0.1) is 0 Å². The van der Waals surface area contributed by atoms with Crippen LogP contribution in [0.2, 0.25) is 5.02 Å². The molecule has 4 nitrogen and oxygen atoms in total. The van der Waals surface area contributed by atoms with Gasteiger partial charge in [0.1, 0.15) is 16.9 Å². The first-order chi connectivity index (χ1) is 11.6. The van der Waals surface area contributed by atoms with Crippen LogP contribution in [0.4, 0.5) is 0 Å². The molecular weight excluding hydrogens is 328 g/mol. The number of allylic oxidation sites excluding steroid dienone is 1. The Hall–Kier alpha value is -2.85. The summed E-state index contributed by atoms with van der Waals surface area (Å²) in [6, 6.07) is 13.6. The third-order valence-electron chi connectivity index (χ3n) is 3.50. The molecule has 1 heterocycles. The number of rotatable bonds is 4. The Balaban J connectivity index is 1.91. The second-order valence-electron chi connectivity index (χ2n) is 5.10. The van der Waals surface area contributed by atoms with Crippen molar-refractivity contribution in [2.24, 2.45) is 0 Å². The molecule has 0 fully saturated rings. The number of carbonyl (C=O) groups excluding carboxylic acids is 1. The van der Waals surface area contributed by atoms with Gasteiger partial charge >= 0.3 is 5.63 Å². The second kappa shape index (κ2) is 6.72. The average Bonchev–Trinajstić information content (AvgIpc) is 2.60. The Bertz CT molecular complexity index is 984. The van der Waals surface area contributed by atoms with Gasteiger partial charge in [-0.05, 0) is 48.0 Å². The number of fused-ring (bicyclic) bond motifs is 1. The zero-order valence-electron chi connectivity index (χ0n) is 12.8. The van der Waals surface area contributed by atoms with Gasteiger partial charge < -0.3 is 9.15 Å². The molecule has 2 aromatic carbocycles. The molecule has 1 aromatic heterocycles. The summed E-state index contributed by atoms with van der Waals surface area (Å²) in [6.07, 6.45) is 2.97. The van der Waals surface area contributed by atoms with Crippen molar-refractivity contribution in [3.05, 3.63) is 81.2 Å². The predicted molar refractivity (Wildman–Crippen MR) is 93.9 cm³/mol. The zero-order chi connectivity index (χ0) is 17.1. The zero-order valence-corrected chi connectivity index (χ0v) is 13.5. The largest absolute Gasteiger partial charge is 0.497 e. The van der Waals surface area contributed by atoms with E-state index in [1.54, 1.807) is 43.5 Å². The Morgan fingerprint density at radius 1 is 1.12 bits per heavy atom. The van der Waals surface area contributed by atoms with Gasteiger partial charge in [-0.2, -0.15) is 0 Å². The van der Waals surface area contributed by atoms with E-state index in [9.17, 15) is 9.59 Å². The quantitative estimate of drug-likeness (QED) is 0.402. The fraction of sp³-hybridized carbons (Fsp3) is 0.0526. The van der Waals surface area contributed by atoms with Crippen molar-refractivity contribution in [3.63, 3.8) is 0 Å². The fourth-order valence-electron chi connectivity index (χ4n) is 2.24. The topological polar surface area (TPSA) is 56.5 Å². The van der Waals surface area contributed by atoms with E-state index in [0.29, 0.717) is 16.0 Å². The van der Waals surface area contributed by atoms with E-state index in [0.717, 1.165) is 11.3 Å². The summed E-state index contributed by atoms with van der Waals surface area (Å²) < 4.78 is 10.2. The van der Waals surface area contributed by atoms with Crippen molar-refractivity contribution in [2.75, 3.05) is 7.11 Å². The molecule has 0 atom stereocenters. The normalized spacial score (nSPS) is 11.1. The lowest BCUT2D eigenvalue weighted by molar-refractivity contribution is 0.104. The van der Waals surface area contributed by atoms with Crippen LogP contribution in [-0.2, 0) is 0 Å². The first kappa shape index (κ1) is 16.0. The van der Waals surface area contributed by atoms with E-state index >= 15 is 0 Å². The molecule has 0 radical (unpaired) electrons. The van der Waals surface area contributed by atoms with Gasteiger partial charge in [0.25, 0.3) is 0 Å². The lowest BCUT2D eigenvalue weighted by Gasteiger charge is -2.00. The number of halogens is 1. The second-order valence-corrected chi connectivity index (χ2v) is 5.54. The first-order valence-electron chi connectivity index (χ1n) is 7.17. The molecule has 0 saturated carbocycles. The van der Waals surface area contributed by atoms with Gasteiger partial charge in [-0.1, -0.05) is 29.8 Å². The van der Waals surface area contributed by atoms with Crippen molar-refractivity contribution in [3.8, 4) is 5.75 Å². The summed E-state index contributed by atoms with van der Waals surface area (Å²) in [5, 5.41) is 1.10. The highest BCUT2D eigenvalue weighted by molar-refractivity contribution is 6.31. The minimum atomic E-state index is -0.672.